The van der Waals surface area contributed by atoms with Crippen LogP contribution in [0.25, 0.3) is 0 Å². The van der Waals surface area contributed by atoms with Crippen LogP contribution in [0, 0.1) is 13.8 Å². The molecule has 128 valence electrons. The van der Waals surface area contributed by atoms with Gasteiger partial charge in [-0.3, -0.25) is 14.5 Å². The SMILES string of the molecule is Cc1cc(C)c2c(c1)C(=O)N(C(=O)c1ccccc1)C2c1ccccc1. The highest BCUT2D eigenvalue weighted by molar-refractivity contribution is 6.14. The van der Waals surface area contributed by atoms with Crippen LogP contribution in [0.4, 0.5) is 0 Å². The summed E-state index contributed by atoms with van der Waals surface area (Å²) in [4.78, 5) is 27.8. The summed E-state index contributed by atoms with van der Waals surface area (Å²) in [7, 11) is 0. The van der Waals surface area contributed by atoms with Gasteiger partial charge in [0.2, 0.25) is 0 Å². The molecule has 0 aromatic heterocycles. The molecular weight excluding hydrogens is 322 g/mol. The minimum Gasteiger partial charge on any atom is -0.269 e. The Kier molecular flexibility index (Phi) is 3.92. The Labute approximate surface area is 152 Å². The quantitative estimate of drug-likeness (QED) is 0.634. The van der Waals surface area contributed by atoms with Gasteiger partial charge in [-0.2, -0.15) is 0 Å². The zero-order valence-electron chi connectivity index (χ0n) is 14.8. The van der Waals surface area contributed by atoms with Crippen LogP contribution in [0.15, 0.2) is 72.8 Å². The van der Waals surface area contributed by atoms with Crippen molar-refractivity contribution in [2.24, 2.45) is 0 Å². The fourth-order valence-corrected chi connectivity index (χ4v) is 3.78. The highest BCUT2D eigenvalue weighted by Crippen LogP contribution is 2.41. The van der Waals surface area contributed by atoms with Gasteiger partial charge in [0.05, 0.1) is 6.04 Å². The summed E-state index contributed by atoms with van der Waals surface area (Å²) in [5, 5.41) is 0. The first-order valence-corrected chi connectivity index (χ1v) is 8.67. The molecule has 1 unspecified atom stereocenters. The highest BCUT2D eigenvalue weighted by Gasteiger charge is 2.42. The van der Waals surface area contributed by atoms with E-state index in [4.69, 9.17) is 0 Å². The van der Waals surface area contributed by atoms with Crippen LogP contribution in [0.1, 0.15) is 49.0 Å². The van der Waals surface area contributed by atoms with Crippen LogP contribution in [-0.4, -0.2) is 16.7 Å². The van der Waals surface area contributed by atoms with Gasteiger partial charge in [-0.1, -0.05) is 60.2 Å². The normalized spacial score (nSPS) is 15.8. The lowest BCUT2D eigenvalue weighted by Gasteiger charge is -2.25. The zero-order valence-corrected chi connectivity index (χ0v) is 14.8. The number of amides is 2. The Morgan fingerprint density at radius 2 is 1.50 bits per heavy atom. The van der Waals surface area contributed by atoms with Crippen molar-refractivity contribution in [1.29, 1.82) is 0 Å². The second-order valence-corrected chi connectivity index (χ2v) is 6.70. The van der Waals surface area contributed by atoms with Crippen LogP contribution in [0.5, 0.6) is 0 Å². The van der Waals surface area contributed by atoms with Crippen LogP contribution >= 0.6 is 0 Å². The molecule has 0 bridgehead atoms. The summed E-state index contributed by atoms with van der Waals surface area (Å²) in [5.41, 5.74) is 5.07. The largest absolute Gasteiger partial charge is 0.269 e. The second-order valence-electron chi connectivity index (χ2n) is 6.70. The van der Waals surface area contributed by atoms with Gasteiger partial charge >= 0.3 is 0 Å². The number of hydrogen-bond acceptors (Lipinski definition) is 2. The van der Waals surface area contributed by atoms with E-state index in [2.05, 4.69) is 6.07 Å². The third-order valence-electron chi connectivity index (χ3n) is 4.87. The van der Waals surface area contributed by atoms with Crippen molar-refractivity contribution in [2.45, 2.75) is 19.9 Å². The molecule has 1 aliphatic rings. The van der Waals surface area contributed by atoms with Crippen molar-refractivity contribution in [2.75, 3.05) is 0 Å². The molecule has 0 saturated heterocycles. The number of aryl methyl sites for hydroxylation is 2. The number of benzene rings is 3. The van der Waals surface area contributed by atoms with Crippen LogP contribution in [0.2, 0.25) is 0 Å². The number of hydrogen-bond donors (Lipinski definition) is 0. The smallest absolute Gasteiger partial charge is 0.261 e. The Balaban J connectivity index is 1.92. The molecular formula is C23H19NO2. The van der Waals surface area contributed by atoms with E-state index in [0.29, 0.717) is 11.1 Å². The van der Waals surface area contributed by atoms with Crippen LogP contribution in [0.3, 0.4) is 0 Å². The monoisotopic (exact) mass is 341 g/mol. The maximum Gasteiger partial charge on any atom is 0.261 e. The molecule has 1 atom stereocenters. The molecule has 0 N–H and O–H groups in total. The number of carbonyl (C=O) groups excluding carboxylic acids is 2. The van der Waals surface area contributed by atoms with E-state index in [0.717, 1.165) is 22.3 Å². The molecule has 3 aromatic rings. The first-order valence-electron chi connectivity index (χ1n) is 8.67. The lowest BCUT2D eigenvalue weighted by Crippen LogP contribution is -2.35. The van der Waals surface area contributed by atoms with E-state index in [9.17, 15) is 9.59 Å². The maximum absolute atomic E-state index is 13.2. The molecule has 1 heterocycles. The molecule has 1 aliphatic heterocycles. The Hall–Kier alpha value is -3.20. The predicted octanol–water partition coefficient (Wildman–Crippen LogP) is 4.69. The van der Waals surface area contributed by atoms with Gasteiger partial charge in [-0.05, 0) is 48.7 Å². The van der Waals surface area contributed by atoms with Crippen molar-refractivity contribution in [1.82, 2.24) is 4.90 Å². The molecule has 3 heteroatoms. The van der Waals surface area contributed by atoms with Gasteiger partial charge in [-0.25, -0.2) is 0 Å². The molecule has 0 fully saturated rings. The van der Waals surface area contributed by atoms with Gasteiger partial charge in [0.25, 0.3) is 11.8 Å². The van der Waals surface area contributed by atoms with E-state index in [1.807, 2.05) is 68.4 Å². The summed E-state index contributed by atoms with van der Waals surface area (Å²) >= 11 is 0. The third kappa shape index (κ3) is 2.53. The summed E-state index contributed by atoms with van der Waals surface area (Å²) in [6.45, 7) is 3.98. The molecule has 0 spiro atoms. The van der Waals surface area contributed by atoms with Gasteiger partial charge in [0.1, 0.15) is 0 Å². The third-order valence-corrected chi connectivity index (χ3v) is 4.87. The van der Waals surface area contributed by atoms with Crippen LogP contribution < -0.4 is 0 Å². The number of rotatable bonds is 2. The van der Waals surface area contributed by atoms with Crippen molar-refractivity contribution < 1.29 is 9.59 Å². The van der Waals surface area contributed by atoms with Gasteiger partial charge in [-0.15, -0.1) is 0 Å². The molecule has 2 amide bonds. The lowest BCUT2D eigenvalue weighted by atomic mass is 9.92. The van der Waals surface area contributed by atoms with Gasteiger partial charge in [0, 0.05) is 11.1 Å². The van der Waals surface area contributed by atoms with Crippen LogP contribution in [-0.2, 0) is 0 Å². The number of imide groups is 1. The average molecular weight is 341 g/mol. The highest BCUT2D eigenvalue weighted by atomic mass is 16.2. The van der Waals surface area contributed by atoms with E-state index in [-0.39, 0.29) is 11.8 Å². The number of nitrogens with zero attached hydrogens (tertiary/aromatic N) is 1. The molecule has 0 aliphatic carbocycles. The summed E-state index contributed by atoms with van der Waals surface area (Å²) < 4.78 is 0. The fourth-order valence-electron chi connectivity index (χ4n) is 3.78. The number of fused-ring (bicyclic) bond motifs is 1. The standard InChI is InChI=1S/C23H19NO2/c1-15-13-16(2)20-19(14-15)23(26)24(21(20)17-9-5-3-6-10-17)22(25)18-11-7-4-8-12-18/h3-14,21H,1-2H3. The number of carbonyl (C=O) groups is 2. The lowest BCUT2D eigenvalue weighted by molar-refractivity contribution is 0.0601. The predicted molar refractivity (Wildman–Crippen MR) is 101 cm³/mol. The van der Waals surface area contributed by atoms with Gasteiger partial charge < -0.3 is 0 Å². The minimum absolute atomic E-state index is 0.227. The molecule has 26 heavy (non-hydrogen) atoms. The molecule has 3 aromatic carbocycles. The first kappa shape index (κ1) is 16.3. The average Bonchev–Trinajstić information content (AvgIpc) is 2.95. The van der Waals surface area contributed by atoms with Crippen molar-refractivity contribution in [3.63, 3.8) is 0 Å². The fraction of sp³-hybridized carbons (Fsp3) is 0.130. The van der Waals surface area contributed by atoms with Crippen molar-refractivity contribution >= 4 is 11.8 Å². The summed E-state index contributed by atoms with van der Waals surface area (Å²) in [6.07, 6.45) is 0. The van der Waals surface area contributed by atoms with Crippen molar-refractivity contribution in [3.05, 3.63) is 106 Å². The topological polar surface area (TPSA) is 37.4 Å². The maximum atomic E-state index is 13.2. The second kappa shape index (κ2) is 6.26. The molecule has 0 saturated carbocycles. The summed E-state index contributed by atoms with van der Waals surface area (Å²) in [5.74, 6) is -0.493. The minimum atomic E-state index is -0.396. The Morgan fingerprint density at radius 3 is 2.15 bits per heavy atom. The van der Waals surface area contributed by atoms with E-state index in [1.165, 1.54) is 4.90 Å². The van der Waals surface area contributed by atoms with E-state index < -0.39 is 6.04 Å². The van der Waals surface area contributed by atoms with E-state index in [1.54, 1.807) is 12.1 Å². The summed E-state index contributed by atoms with van der Waals surface area (Å²) in [6, 6.07) is 22.3. The Morgan fingerprint density at radius 1 is 0.885 bits per heavy atom. The molecule has 4 rings (SSSR count). The molecule has 0 radical (unpaired) electrons. The van der Waals surface area contributed by atoms with Crippen molar-refractivity contribution in [3.8, 4) is 0 Å². The Bertz CT molecular complexity index is 993. The van der Waals surface area contributed by atoms with E-state index >= 15 is 0 Å². The van der Waals surface area contributed by atoms with Gasteiger partial charge in [0.15, 0.2) is 0 Å². The molecule has 3 nitrogen and oxygen atoms in total. The zero-order chi connectivity index (χ0) is 18.3. The first-order chi connectivity index (χ1) is 12.6.